The number of halogens is 1. The van der Waals surface area contributed by atoms with E-state index in [1.54, 1.807) is 12.1 Å². The van der Waals surface area contributed by atoms with Crippen molar-refractivity contribution in [2.75, 3.05) is 0 Å². The minimum Gasteiger partial charge on any atom is -0.543 e. The molecule has 1 heterocycles. The summed E-state index contributed by atoms with van der Waals surface area (Å²) in [4.78, 5) is 11.5. The van der Waals surface area contributed by atoms with Gasteiger partial charge in [-0.25, -0.2) is 4.68 Å². The van der Waals surface area contributed by atoms with E-state index < -0.39 is 5.97 Å². The number of carbonyl (C=O) groups excluding carboxylic acids is 1. The van der Waals surface area contributed by atoms with Crippen LogP contribution in [0.15, 0.2) is 48.5 Å². The van der Waals surface area contributed by atoms with Crippen LogP contribution in [0.25, 0.3) is 16.9 Å². The van der Waals surface area contributed by atoms with Crippen molar-refractivity contribution in [3.8, 4) is 16.9 Å². The Balaban J connectivity index is 2.23. The second kappa shape index (κ2) is 5.89. The van der Waals surface area contributed by atoms with E-state index in [-0.39, 0.29) is 5.69 Å². The molecular formula is C18H14ClN2O2-. The Morgan fingerprint density at radius 3 is 2.57 bits per heavy atom. The van der Waals surface area contributed by atoms with E-state index in [0.29, 0.717) is 22.0 Å². The Labute approximate surface area is 139 Å². The zero-order valence-corrected chi connectivity index (χ0v) is 13.5. The summed E-state index contributed by atoms with van der Waals surface area (Å²) in [5.74, 6) is -1.28. The Kier molecular flexibility index (Phi) is 3.92. The number of carboxylic acids is 1. The van der Waals surface area contributed by atoms with Crippen molar-refractivity contribution in [2.24, 2.45) is 0 Å². The summed E-state index contributed by atoms with van der Waals surface area (Å²) in [7, 11) is 0. The predicted molar refractivity (Wildman–Crippen MR) is 87.8 cm³/mol. The number of rotatable bonds is 3. The summed E-state index contributed by atoms with van der Waals surface area (Å²) in [5, 5.41) is 16.5. The van der Waals surface area contributed by atoms with Gasteiger partial charge in [0.05, 0.1) is 28.1 Å². The van der Waals surface area contributed by atoms with Crippen LogP contribution in [0.1, 0.15) is 21.6 Å². The number of hydrogen-bond acceptors (Lipinski definition) is 3. The molecule has 0 N–H and O–H groups in total. The third-order valence-electron chi connectivity index (χ3n) is 3.66. The maximum absolute atomic E-state index is 11.5. The van der Waals surface area contributed by atoms with E-state index in [0.717, 1.165) is 11.1 Å². The molecule has 0 spiro atoms. The monoisotopic (exact) mass is 325 g/mol. The minimum atomic E-state index is -1.28. The fourth-order valence-electron chi connectivity index (χ4n) is 2.46. The number of aromatic nitrogens is 2. The fourth-order valence-corrected chi connectivity index (χ4v) is 2.69. The van der Waals surface area contributed by atoms with Crippen LogP contribution >= 0.6 is 11.6 Å². The molecule has 0 saturated heterocycles. The molecule has 4 nitrogen and oxygen atoms in total. The highest BCUT2D eigenvalue weighted by molar-refractivity contribution is 6.33. The number of aromatic carboxylic acids is 1. The van der Waals surface area contributed by atoms with Gasteiger partial charge in [0, 0.05) is 5.56 Å². The van der Waals surface area contributed by atoms with Gasteiger partial charge in [-0.3, -0.25) is 0 Å². The second-order valence-corrected chi connectivity index (χ2v) is 5.79. The van der Waals surface area contributed by atoms with Gasteiger partial charge in [-0.1, -0.05) is 41.9 Å². The number of nitrogens with zero attached hydrogens (tertiary/aromatic N) is 2. The molecule has 3 rings (SSSR count). The molecule has 0 fully saturated rings. The largest absolute Gasteiger partial charge is 0.543 e. The Morgan fingerprint density at radius 1 is 1.13 bits per heavy atom. The van der Waals surface area contributed by atoms with Crippen LogP contribution in [0, 0.1) is 13.8 Å². The van der Waals surface area contributed by atoms with Crippen molar-refractivity contribution in [3.63, 3.8) is 0 Å². The van der Waals surface area contributed by atoms with Crippen LogP contribution in [-0.4, -0.2) is 15.7 Å². The molecule has 5 heteroatoms. The molecule has 0 amide bonds. The highest BCUT2D eigenvalue weighted by Crippen LogP contribution is 2.28. The third kappa shape index (κ3) is 2.85. The van der Waals surface area contributed by atoms with Gasteiger partial charge in [0.1, 0.15) is 0 Å². The Hall–Kier alpha value is -2.59. The molecule has 1 aromatic heterocycles. The van der Waals surface area contributed by atoms with E-state index in [1.807, 2.05) is 44.2 Å². The fraction of sp³-hybridized carbons (Fsp3) is 0.111. The first-order chi connectivity index (χ1) is 11.0. The Morgan fingerprint density at radius 2 is 1.87 bits per heavy atom. The average molecular weight is 326 g/mol. The van der Waals surface area contributed by atoms with Crippen molar-refractivity contribution < 1.29 is 9.90 Å². The SMILES string of the molecule is Cc1ccc(C)c(-n2nc(-c3ccccc3Cl)cc2C(=O)[O-])c1. The van der Waals surface area contributed by atoms with Crippen LogP contribution in [-0.2, 0) is 0 Å². The summed E-state index contributed by atoms with van der Waals surface area (Å²) in [6, 6.07) is 14.5. The lowest BCUT2D eigenvalue weighted by atomic mass is 10.1. The molecule has 3 aromatic rings. The summed E-state index contributed by atoms with van der Waals surface area (Å²) in [6.45, 7) is 3.85. The molecule has 0 aliphatic carbocycles. The summed E-state index contributed by atoms with van der Waals surface area (Å²) in [6.07, 6.45) is 0. The van der Waals surface area contributed by atoms with E-state index >= 15 is 0 Å². The summed E-state index contributed by atoms with van der Waals surface area (Å²) >= 11 is 6.19. The zero-order valence-electron chi connectivity index (χ0n) is 12.7. The number of benzene rings is 2. The zero-order chi connectivity index (χ0) is 16.6. The van der Waals surface area contributed by atoms with Crippen molar-refractivity contribution in [3.05, 3.63) is 70.4 Å². The third-order valence-corrected chi connectivity index (χ3v) is 3.99. The van der Waals surface area contributed by atoms with Crippen LogP contribution in [0.4, 0.5) is 0 Å². The summed E-state index contributed by atoms with van der Waals surface area (Å²) in [5.41, 5.74) is 3.82. The van der Waals surface area contributed by atoms with Crippen LogP contribution in [0.5, 0.6) is 0 Å². The van der Waals surface area contributed by atoms with Crippen molar-refractivity contribution in [2.45, 2.75) is 13.8 Å². The van der Waals surface area contributed by atoms with Gasteiger partial charge in [-0.15, -0.1) is 0 Å². The van der Waals surface area contributed by atoms with Gasteiger partial charge in [0.15, 0.2) is 0 Å². The predicted octanol–water partition coefficient (Wildman–Crippen LogP) is 3.17. The van der Waals surface area contributed by atoms with Crippen LogP contribution < -0.4 is 5.11 Å². The van der Waals surface area contributed by atoms with Crippen molar-refractivity contribution >= 4 is 17.6 Å². The first-order valence-corrected chi connectivity index (χ1v) is 7.49. The molecule has 0 radical (unpaired) electrons. The highest BCUT2D eigenvalue weighted by atomic mass is 35.5. The quantitative estimate of drug-likeness (QED) is 0.743. The lowest BCUT2D eigenvalue weighted by Crippen LogP contribution is -2.25. The molecule has 0 unspecified atom stereocenters. The lowest BCUT2D eigenvalue weighted by molar-refractivity contribution is -0.255. The second-order valence-electron chi connectivity index (χ2n) is 5.38. The molecule has 0 aliphatic rings. The summed E-state index contributed by atoms with van der Waals surface area (Å²) < 4.78 is 1.40. The molecule has 0 bridgehead atoms. The van der Waals surface area contributed by atoms with Crippen molar-refractivity contribution in [1.29, 1.82) is 0 Å². The van der Waals surface area contributed by atoms with E-state index in [9.17, 15) is 9.90 Å². The molecule has 0 saturated carbocycles. The molecule has 0 aliphatic heterocycles. The molecule has 116 valence electrons. The standard InChI is InChI=1S/C18H15ClN2O2/c1-11-7-8-12(2)16(9-11)21-17(18(22)23)10-15(20-21)13-5-3-4-6-14(13)19/h3-10H,1-2H3,(H,22,23)/p-1. The van der Waals surface area contributed by atoms with E-state index in [1.165, 1.54) is 10.7 Å². The first-order valence-electron chi connectivity index (χ1n) is 7.11. The number of carboxylic acid groups (broad SMARTS) is 1. The van der Waals surface area contributed by atoms with Gasteiger partial charge in [0.25, 0.3) is 0 Å². The van der Waals surface area contributed by atoms with Gasteiger partial charge < -0.3 is 9.90 Å². The first kappa shape index (κ1) is 15.3. The number of aryl methyl sites for hydroxylation is 2. The lowest BCUT2D eigenvalue weighted by Gasteiger charge is -2.11. The topological polar surface area (TPSA) is 58.0 Å². The van der Waals surface area contributed by atoms with Crippen LogP contribution in [0.3, 0.4) is 0 Å². The normalized spacial score (nSPS) is 10.7. The molecule has 23 heavy (non-hydrogen) atoms. The maximum Gasteiger partial charge on any atom is 0.0949 e. The van der Waals surface area contributed by atoms with Gasteiger partial charge in [-0.2, -0.15) is 5.10 Å². The molecule has 0 atom stereocenters. The van der Waals surface area contributed by atoms with Gasteiger partial charge in [0.2, 0.25) is 0 Å². The van der Waals surface area contributed by atoms with Crippen LogP contribution in [0.2, 0.25) is 5.02 Å². The smallest absolute Gasteiger partial charge is 0.0949 e. The minimum absolute atomic E-state index is 0.00591. The highest BCUT2D eigenvalue weighted by Gasteiger charge is 2.15. The molecule has 2 aromatic carbocycles. The van der Waals surface area contributed by atoms with Gasteiger partial charge >= 0.3 is 0 Å². The van der Waals surface area contributed by atoms with E-state index in [2.05, 4.69) is 5.10 Å². The number of hydrogen-bond donors (Lipinski definition) is 0. The Bertz CT molecular complexity index is 900. The number of carbonyl (C=O) groups is 1. The van der Waals surface area contributed by atoms with E-state index in [4.69, 9.17) is 11.6 Å². The van der Waals surface area contributed by atoms with Crippen molar-refractivity contribution in [1.82, 2.24) is 9.78 Å². The molecular weight excluding hydrogens is 312 g/mol. The maximum atomic E-state index is 11.5. The van der Waals surface area contributed by atoms with Gasteiger partial charge in [-0.05, 0) is 43.2 Å². The average Bonchev–Trinajstić information content (AvgIpc) is 2.95.